The van der Waals surface area contributed by atoms with Gasteiger partial charge in [0.2, 0.25) is 0 Å². The molecular weight excluding hydrogens is 355 g/mol. The number of nitrogens with one attached hydrogen (secondary N) is 2. The van der Waals surface area contributed by atoms with Crippen LogP contribution in [0.5, 0.6) is 0 Å². The fourth-order valence-corrected chi connectivity index (χ4v) is 1.38. The predicted octanol–water partition coefficient (Wildman–Crippen LogP) is 1.49. The molecule has 104 valence electrons. The Labute approximate surface area is 131 Å². The highest BCUT2D eigenvalue weighted by Crippen LogP contribution is 2.02. The number of guanidine groups is 1. The zero-order valence-corrected chi connectivity index (χ0v) is 13.5. The highest BCUT2D eigenvalue weighted by atomic mass is 127. The van der Waals surface area contributed by atoms with Crippen molar-refractivity contribution >= 4 is 29.9 Å². The first kappa shape index (κ1) is 17.7. The van der Waals surface area contributed by atoms with E-state index in [-0.39, 0.29) is 24.0 Å². The third kappa shape index (κ3) is 6.98. The lowest BCUT2D eigenvalue weighted by Gasteiger charge is -2.11. The molecule has 0 aliphatic carbocycles. The summed E-state index contributed by atoms with van der Waals surface area (Å²) in [6.45, 7) is 2.01. The van der Waals surface area contributed by atoms with Crippen LogP contribution in [-0.2, 0) is 11.3 Å². The Morgan fingerprint density at radius 3 is 2.53 bits per heavy atom. The summed E-state index contributed by atoms with van der Waals surface area (Å²) in [4.78, 5) is 4.10. The molecule has 0 aliphatic heterocycles. The van der Waals surface area contributed by atoms with Gasteiger partial charge in [-0.3, -0.25) is 4.99 Å². The average Bonchev–Trinajstić information content (AvgIpc) is 2.43. The molecule has 0 atom stereocenters. The van der Waals surface area contributed by atoms with Crippen molar-refractivity contribution in [3.05, 3.63) is 35.4 Å². The van der Waals surface area contributed by atoms with Gasteiger partial charge < -0.3 is 15.4 Å². The highest BCUT2D eigenvalue weighted by molar-refractivity contribution is 14.0. The molecule has 1 aromatic rings. The van der Waals surface area contributed by atoms with E-state index in [1.807, 2.05) is 12.1 Å². The molecule has 1 rings (SSSR count). The lowest BCUT2D eigenvalue weighted by Crippen LogP contribution is -2.38. The number of hydrogen-bond acceptors (Lipinski definition) is 3. The van der Waals surface area contributed by atoms with E-state index in [4.69, 9.17) is 10.00 Å². The van der Waals surface area contributed by atoms with E-state index >= 15 is 0 Å². The summed E-state index contributed by atoms with van der Waals surface area (Å²) in [7, 11) is 3.38. The van der Waals surface area contributed by atoms with Gasteiger partial charge in [0.25, 0.3) is 0 Å². The second-order valence-corrected chi connectivity index (χ2v) is 3.65. The van der Waals surface area contributed by atoms with Crippen LogP contribution in [0.1, 0.15) is 11.1 Å². The zero-order chi connectivity index (χ0) is 13.2. The molecule has 0 radical (unpaired) electrons. The lowest BCUT2D eigenvalue weighted by molar-refractivity contribution is 0.203. The van der Waals surface area contributed by atoms with E-state index < -0.39 is 0 Å². The van der Waals surface area contributed by atoms with Crippen molar-refractivity contribution in [2.75, 3.05) is 27.3 Å². The van der Waals surface area contributed by atoms with Crippen molar-refractivity contribution in [1.29, 1.82) is 5.26 Å². The van der Waals surface area contributed by atoms with Crippen LogP contribution in [0.25, 0.3) is 0 Å². The van der Waals surface area contributed by atoms with E-state index in [0.717, 1.165) is 11.5 Å². The van der Waals surface area contributed by atoms with Crippen LogP contribution < -0.4 is 10.6 Å². The number of benzene rings is 1. The standard InChI is InChI=1S/C13H18N4O.HI/c1-15-13(16-7-8-18-2)17-10-12-5-3-11(9-14)4-6-12;/h3-6H,7-8,10H2,1-2H3,(H2,15,16,17);1H. The van der Waals surface area contributed by atoms with Crippen LogP contribution in [0.3, 0.4) is 0 Å². The molecule has 0 amide bonds. The van der Waals surface area contributed by atoms with Crippen molar-refractivity contribution in [2.45, 2.75) is 6.54 Å². The molecule has 0 fully saturated rings. The maximum atomic E-state index is 8.70. The summed E-state index contributed by atoms with van der Waals surface area (Å²) < 4.78 is 4.95. The minimum atomic E-state index is 0. The number of nitriles is 1. The molecule has 5 nitrogen and oxygen atoms in total. The molecular formula is C13H19IN4O. The van der Waals surface area contributed by atoms with Crippen LogP contribution in [0.4, 0.5) is 0 Å². The lowest BCUT2D eigenvalue weighted by atomic mass is 10.1. The van der Waals surface area contributed by atoms with Crippen molar-refractivity contribution < 1.29 is 4.74 Å². The van der Waals surface area contributed by atoms with Gasteiger partial charge in [0.05, 0.1) is 18.2 Å². The molecule has 19 heavy (non-hydrogen) atoms. The number of methoxy groups -OCH3 is 1. The van der Waals surface area contributed by atoms with E-state index in [0.29, 0.717) is 25.3 Å². The topological polar surface area (TPSA) is 69.4 Å². The predicted molar refractivity (Wildman–Crippen MR) is 86.6 cm³/mol. The monoisotopic (exact) mass is 374 g/mol. The molecule has 0 saturated carbocycles. The first-order chi connectivity index (χ1) is 8.80. The van der Waals surface area contributed by atoms with Gasteiger partial charge >= 0.3 is 0 Å². The molecule has 2 N–H and O–H groups in total. The average molecular weight is 374 g/mol. The quantitative estimate of drug-likeness (QED) is 0.355. The third-order valence-corrected chi connectivity index (χ3v) is 2.37. The number of ether oxygens (including phenoxy) is 1. The van der Waals surface area contributed by atoms with Gasteiger partial charge in [-0.2, -0.15) is 5.26 Å². The van der Waals surface area contributed by atoms with Gasteiger partial charge in [0, 0.05) is 27.2 Å². The van der Waals surface area contributed by atoms with Gasteiger partial charge in [-0.15, -0.1) is 24.0 Å². The van der Waals surface area contributed by atoms with Crippen LogP contribution in [-0.4, -0.2) is 33.3 Å². The Kier molecular flexibility index (Phi) is 9.84. The summed E-state index contributed by atoms with van der Waals surface area (Å²) in [6.07, 6.45) is 0. The molecule has 6 heteroatoms. The highest BCUT2D eigenvalue weighted by Gasteiger charge is 1.98. The number of aliphatic imine (C=N–C) groups is 1. The summed E-state index contributed by atoms with van der Waals surface area (Å²) in [5, 5.41) is 15.0. The van der Waals surface area contributed by atoms with Crippen molar-refractivity contribution in [2.24, 2.45) is 4.99 Å². The first-order valence-electron chi connectivity index (χ1n) is 5.72. The zero-order valence-electron chi connectivity index (χ0n) is 11.1. The van der Waals surface area contributed by atoms with Gasteiger partial charge in [-0.1, -0.05) is 12.1 Å². The van der Waals surface area contributed by atoms with E-state index in [1.165, 1.54) is 0 Å². The summed E-state index contributed by atoms with van der Waals surface area (Å²) >= 11 is 0. The number of rotatable bonds is 5. The van der Waals surface area contributed by atoms with E-state index in [1.54, 1.807) is 26.3 Å². The third-order valence-electron chi connectivity index (χ3n) is 2.37. The molecule has 0 unspecified atom stereocenters. The molecule has 0 bridgehead atoms. The van der Waals surface area contributed by atoms with Gasteiger partial charge in [-0.25, -0.2) is 0 Å². The van der Waals surface area contributed by atoms with E-state index in [2.05, 4.69) is 21.7 Å². The molecule has 0 heterocycles. The second-order valence-electron chi connectivity index (χ2n) is 3.65. The maximum Gasteiger partial charge on any atom is 0.191 e. The number of halogens is 1. The molecule has 1 aromatic carbocycles. The second kappa shape index (κ2) is 10.6. The summed E-state index contributed by atoms with van der Waals surface area (Å²) in [5.41, 5.74) is 1.77. The Morgan fingerprint density at radius 1 is 1.32 bits per heavy atom. The van der Waals surface area contributed by atoms with Gasteiger partial charge in [0.1, 0.15) is 0 Å². The molecule has 0 saturated heterocycles. The largest absolute Gasteiger partial charge is 0.383 e. The smallest absolute Gasteiger partial charge is 0.191 e. The number of hydrogen-bond donors (Lipinski definition) is 2. The maximum absolute atomic E-state index is 8.70. The Morgan fingerprint density at radius 2 is 2.00 bits per heavy atom. The Hall–Kier alpha value is -1.33. The molecule has 0 spiro atoms. The van der Waals surface area contributed by atoms with Gasteiger partial charge in [0.15, 0.2) is 5.96 Å². The SMILES string of the molecule is CN=C(NCCOC)NCc1ccc(C#N)cc1.I. The van der Waals surface area contributed by atoms with Crippen molar-refractivity contribution in [1.82, 2.24) is 10.6 Å². The summed E-state index contributed by atoms with van der Waals surface area (Å²) in [6, 6.07) is 9.55. The van der Waals surface area contributed by atoms with Crippen LogP contribution in [0.15, 0.2) is 29.3 Å². The number of nitrogens with zero attached hydrogens (tertiary/aromatic N) is 2. The van der Waals surface area contributed by atoms with Crippen LogP contribution in [0.2, 0.25) is 0 Å². The van der Waals surface area contributed by atoms with Crippen molar-refractivity contribution in [3.8, 4) is 6.07 Å². The Balaban J connectivity index is 0.00000324. The van der Waals surface area contributed by atoms with Crippen LogP contribution in [0, 0.1) is 11.3 Å². The van der Waals surface area contributed by atoms with Gasteiger partial charge in [-0.05, 0) is 17.7 Å². The minimum absolute atomic E-state index is 0. The normalized spacial score (nSPS) is 10.3. The fraction of sp³-hybridized carbons (Fsp3) is 0.385. The van der Waals surface area contributed by atoms with Crippen molar-refractivity contribution in [3.63, 3.8) is 0 Å². The van der Waals surface area contributed by atoms with E-state index in [9.17, 15) is 0 Å². The minimum Gasteiger partial charge on any atom is -0.383 e. The molecule has 0 aromatic heterocycles. The first-order valence-corrected chi connectivity index (χ1v) is 5.72. The summed E-state index contributed by atoms with van der Waals surface area (Å²) in [5.74, 6) is 0.733. The van der Waals surface area contributed by atoms with Crippen LogP contribution >= 0.6 is 24.0 Å². The Bertz CT molecular complexity index is 425. The molecule has 0 aliphatic rings. The fourth-order valence-electron chi connectivity index (χ4n) is 1.38.